The van der Waals surface area contributed by atoms with Crippen LogP contribution in [0.3, 0.4) is 0 Å². The lowest BCUT2D eigenvalue weighted by Crippen LogP contribution is -2.31. The third kappa shape index (κ3) is 2.87. The fraction of sp³-hybridized carbons (Fsp3) is 0.364. The van der Waals surface area contributed by atoms with Gasteiger partial charge in [0.15, 0.2) is 0 Å². The number of imidazole rings is 1. The molecular weight excluding hydrogens is 267 g/mol. The first-order chi connectivity index (χ1) is 8.60. The van der Waals surface area contributed by atoms with Crippen molar-refractivity contribution in [3.8, 4) is 0 Å². The van der Waals surface area contributed by atoms with Crippen LogP contribution in [0.15, 0.2) is 18.2 Å². The summed E-state index contributed by atoms with van der Waals surface area (Å²) in [5.41, 5.74) is 0.999. The number of fused-ring (bicyclic) bond motifs is 1. The topological polar surface area (TPSA) is 31.9 Å². The average molecular weight is 278 g/mol. The number of anilines is 1. The first kappa shape index (κ1) is 13.0. The Labute approximate surface area is 107 Å². The minimum absolute atomic E-state index is 0.206. The van der Waals surface area contributed by atoms with Crippen molar-refractivity contribution in [3.05, 3.63) is 24.0 Å². The van der Waals surface area contributed by atoms with E-state index >= 15 is 0 Å². The van der Waals surface area contributed by atoms with Gasteiger partial charge >= 0.3 is 0 Å². The van der Waals surface area contributed by atoms with Crippen molar-refractivity contribution in [1.82, 2.24) is 9.97 Å². The zero-order valence-corrected chi connectivity index (χ0v) is 10.1. The Hall–Kier alpha value is -1.43. The van der Waals surface area contributed by atoms with Gasteiger partial charge in [-0.15, -0.1) is 11.6 Å². The van der Waals surface area contributed by atoms with Crippen LogP contribution in [-0.4, -0.2) is 35.4 Å². The summed E-state index contributed by atoms with van der Waals surface area (Å²) in [6.07, 6.45) is -2.49. The van der Waals surface area contributed by atoms with E-state index in [2.05, 4.69) is 9.97 Å². The molecule has 0 amide bonds. The summed E-state index contributed by atoms with van der Waals surface area (Å²) in [6.45, 7) is -0.219. The van der Waals surface area contributed by atoms with Crippen LogP contribution in [0.25, 0.3) is 11.0 Å². The van der Waals surface area contributed by atoms with E-state index in [9.17, 15) is 13.2 Å². The molecule has 0 unspecified atom stereocenters. The van der Waals surface area contributed by atoms with E-state index in [1.165, 1.54) is 23.1 Å². The molecule has 0 aliphatic heterocycles. The zero-order valence-electron chi connectivity index (χ0n) is 9.34. The molecule has 0 radical (unpaired) electrons. The van der Waals surface area contributed by atoms with Gasteiger partial charge in [0.25, 0.3) is 6.43 Å². The Morgan fingerprint density at radius 2 is 2.17 bits per heavy atom. The summed E-state index contributed by atoms with van der Waals surface area (Å²) in [5, 5.41) is 0. The largest absolute Gasteiger partial charge is 0.335 e. The van der Waals surface area contributed by atoms with Crippen LogP contribution in [0.1, 0.15) is 0 Å². The first-order valence-electron chi connectivity index (χ1n) is 5.34. The van der Waals surface area contributed by atoms with Crippen LogP contribution < -0.4 is 4.90 Å². The van der Waals surface area contributed by atoms with Crippen LogP contribution in [0, 0.1) is 5.82 Å². The summed E-state index contributed by atoms with van der Waals surface area (Å²) in [4.78, 5) is 8.29. The molecule has 7 heteroatoms. The number of aromatic nitrogens is 2. The highest BCUT2D eigenvalue weighted by molar-refractivity contribution is 6.18. The Balaban J connectivity index is 2.31. The van der Waals surface area contributed by atoms with Crippen molar-refractivity contribution in [2.45, 2.75) is 6.43 Å². The maximum Gasteiger partial charge on any atom is 0.255 e. The zero-order chi connectivity index (χ0) is 13.1. The summed E-state index contributed by atoms with van der Waals surface area (Å²) in [7, 11) is 0. The molecule has 0 saturated heterocycles. The van der Waals surface area contributed by atoms with Crippen molar-refractivity contribution in [2.75, 3.05) is 23.9 Å². The monoisotopic (exact) mass is 277 g/mol. The molecule has 1 aromatic heterocycles. The molecular formula is C11H11ClF3N3. The van der Waals surface area contributed by atoms with Crippen molar-refractivity contribution < 1.29 is 13.2 Å². The lowest BCUT2D eigenvalue weighted by atomic mass is 10.3. The molecule has 1 N–H and O–H groups in total. The molecule has 0 bridgehead atoms. The maximum atomic E-state index is 13.0. The number of nitrogens with one attached hydrogen (secondary N) is 1. The lowest BCUT2D eigenvalue weighted by molar-refractivity contribution is 0.155. The number of benzene rings is 1. The molecule has 3 nitrogen and oxygen atoms in total. The second-order valence-electron chi connectivity index (χ2n) is 3.75. The molecule has 2 aromatic rings. The maximum absolute atomic E-state index is 13.0. The SMILES string of the molecule is Fc1ccc2nc(N(CCCl)CC(F)F)[nH]c2c1. The van der Waals surface area contributed by atoms with Crippen LogP contribution in [-0.2, 0) is 0 Å². The highest BCUT2D eigenvalue weighted by Gasteiger charge is 2.15. The summed E-state index contributed by atoms with van der Waals surface area (Å²) >= 11 is 5.57. The predicted octanol–water partition coefficient (Wildman–Crippen LogP) is 3.01. The minimum Gasteiger partial charge on any atom is -0.335 e. The first-order valence-corrected chi connectivity index (χ1v) is 5.88. The summed E-state index contributed by atoms with van der Waals surface area (Å²) < 4.78 is 37.9. The molecule has 0 fully saturated rings. The standard InChI is InChI=1S/C11H11ClF3N3/c12-3-4-18(6-10(14)15)11-16-8-2-1-7(13)5-9(8)17-11/h1-2,5,10H,3-4,6H2,(H,16,17). The predicted molar refractivity (Wildman–Crippen MR) is 65.0 cm³/mol. The third-order valence-electron chi connectivity index (χ3n) is 2.44. The van der Waals surface area contributed by atoms with Crippen LogP contribution in [0.2, 0.25) is 0 Å². The second-order valence-corrected chi connectivity index (χ2v) is 4.13. The van der Waals surface area contributed by atoms with Crippen molar-refractivity contribution in [3.63, 3.8) is 0 Å². The smallest absolute Gasteiger partial charge is 0.255 e. The Kier molecular flexibility index (Phi) is 3.96. The Morgan fingerprint density at radius 1 is 1.39 bits per heavy atom. The van der Waals surface area contributed by atoms with Crippen molar-refractivity contribution in [2.24, 2.45) is 0 Å². The number of alkyl halides is 3. The highest BCUT2D eigenvalue weighted by Crippen LogP contribution is 2.19. The fourth-order valence-electron chi connectivity index (χ4n) is 1.67. The van der Waals surface area contributed by atoms with Crippen molar-refractivity contribution >= 4 is 28.6 Å². The van der Waals surface area contributed by atoms with Gasteiger partial charge in [0.05, 0.1) is 17.6 Å². The van der Waals surface area contributed by atoms with Gasteiger partial charge in [-0.25, -0.2) is 18.2 Å². The van der Waals surface area contributed by atoms with E-state index < -0.39 is 18.8 Å². The fourth-order valence-corrected chi connectivity index (χ4v) is 1.87. The van der Waals surface area contributed by atoms with E-state index in [1.807, 2.05) is 0 Å². The van der Waals surface area contributed by atoms with E-state index in [-0.39, 0.29) is 18.4 Å². The van der Waals surface area contributed by atoms with Gasteiger partial charge in [-0.05, 0) is 18.2 Å². The number of hydrogen-bond donors (Lipinski definition) is 1. The number of H-pyrrole nitrogens is 1. The van der Waals surface area contributed by atoms with Crippen LogP contribution in [0.4, 0.5) is 19.1 Å². The third-order valence-corrected chi connectivity index (χ3v) is 2.61. The molecule has 0 atom stereocenters. The molecule has 0 aliphatic carbocycles. The van der Waals surface area contributed by atoms with E-state index in [1.54, 1.807) is 0 Å². The molecule has 98 valence electrons. The molecule has 0 saturated carbocycles. The summed E-state index contributed by atoms with van der Waals surface area (Å²) in [5.74, 6) is 0.0741. The molecule has 1 aromatic carbocycles. The molecule has 0 spiro atoms. The number of aromatic amines is 1. The van der Waals surface area contributed by atoms with Gasteiger partial charge in [0, 0.05) is 12.4 Å². The molecule has 18 heavy (non-hydrogen) atoms. The van der Waals surface area contributed by atoms with Gasteiger partial charge in [0.1, 0.15) is 5.82 Å². The second kappa shape index (κ2) is 5.48. The van der Waals surface area contributed by atoms with Gasteiger partial charge in [-0.2, -0.15) is 0 Å². The number of halogens is 4. The van der Waals surface area contributed by atoms with Gasteiger partial charge in [-0.3, -0.25) is 0 Å². The van der Waals surface area contributed by atoms with Gasteiger partial charge in [0.2, 0.25) is 5.95 Å². The van der Waals surface area contributed by atoms with Crippen molar-refractivity contribution in [1.29, 1.82) is 0 Å². The van der Waals surface area contributed by atoms with Crippen LogP contribution >= 0.6 is 11.6 Å². The lowest BCUT2D eigenvalue weighted by Gasteiger charge is -2.19. The molecule has 1 heterocycles. The van der Waals surface area contributed by atoms with Crippen LogP contribution in [0.5, 0.6) is 0 Å². The number of rotatable bonds is 5. The molecule has 2 rings (SSSR count). The highest BCUT2D eigenvalue weighted by atomic mass is 35.5. The quantitative estimate of drug-likeness (QED) is 0.852. The summed E-state index contributed by atoms with van der Waals surface area (Å²) in [6, 6.07) is 4.03. The normalized spacial score (nSPS) is 11.4. The molecule has 0 aliphatic rings. The van der Waals surface area contributed by atoms with E-state index in [0.29, 0.717) is 11.0 Å². The number of hydrogen-bond acceptors (Lipinski definition) is 2. The Bertz CT molecular complexity index is 529. The van der Waals surface area contributed by atoms with E-state index in [0.717, 1.165) is 0 Å². The minimum atomic E-state index is -2.49. The number of nitrogens with zero attached hydrogens (tertiary/aromatic N) is 2. The Morgan fingerprint density at radius 3 is 2.83 bits per heavy atom. The van der Waals surface area contributed by atoms with Gasteiger partial charge < -0.3 is 9.88 Å². The van der Waals surface area contributed by atoms with Gasteiger partial charge in [-0.1, -0.05) is 0 Å². The van der Waals surface area contributed by atoms with E-state index in [4.69, 9.17) is 11.6 Å². The average Bonchev–Trinajstić information content (AvgIpc) is 2.70.